The normalized spacial score (nSPS) is 15.5. The molecule has 0 spiro atoms. The highest BCUT2D eigenvalue weighted by Crippen LogP contribution is 2.38. The zero-order valence-corrected chi connectivity index (χ0v) is 57.3. The van der Waals surface area contributed by atoms with E-state index in [0.29, 0.717) is 71.4 Å². The van der Waals surface area contributed by atoms with Crippen molar-refractivity contribution in [3.05, 3.63) is 218 Å². The van der Waals surface area contributed by atoms with Crippen LogP contribution in [0.15, 0.2) is 153 Å². The van der Waals surface area contributed by atoms with Crippen LogP contribution in [-0.2, 0) is 23.9 Å². The molecule has 14 nitrogen and oxygen atoms in total. The summed E-state index contributed by atoms with van der Waals surface area (Å²) in [6.45, 7) is 11.9. The lowest BCUT2D eigenvalue weighted by Gasteiger charge is -2.23. The zero-order chi connectivity index (χ0) is 63.9. The van der Waals surface area contributed by atoms with E-state index in [-0.39, 0.29) is 42.2 Å². The molecule has 0 aliphatic carbocycles. The summed E-state index contributed by atoms with van der Waals surface area (Å²) in [5.41, 5.74) is 9.76. The molecular formula is C64H56Cl3N7O7S8. The summed E-state index contributed by atoms with van der Waals surface area (Å²) < 4.78 is 12.2. The van der Waals surface area contributed by atoms with Gasteiger partial charge in [-0.2, -0.15) is 0 Å². The fraction of sp³-hybridized carbons (Fsp3) is 0.172. The summed E-state index contributed by atoms with van der Waals surface area (Å²) in [5.74, 6) is 0.601. The number of anilines is 3. The van der Waals surface area contributed by atoms with E-state index in [1.165, 1.54) is 44.9 Å². The number of thiazole rings is 2. The minimum atomic E-state index is -0.496. The standard InChI is InChI=1S/C19H17ClN2OS2.C19H16ClNO4S2.C18H16ClNOS.C8H7N3OS3/c1-12-3-5-14(6-4-12)10-17-18(23)22(19(24)25-17)11-21-16-8-7-15(20)9-13(16)2;1-3-24-17(22)10-21-18(23)16(27-19(21)26)9-12-5-7-15(25-12)13-6-4-11(2)8-14(13)20;1-13-7-9-15(19)16(11-13)20-17(21)12-22-18(20)10-8-14-5-3-2-4-6-14;1-4-5(15-8(13)10-4)6(12)11-7-9-2-3-14-7/h3-10,21H,11H2,1-2H3;4-9H,3,10H2,1-2H3;2-11,18H,12H2,1H3;2-3H,1H3,(H,10,13)(H,9,11,12). The number of nitrogens with one attached hydrogen (secondary N) is 3. The Balaban J connectivity index is 0.000000156. The first-order chi connectivity index (χ1) is 42.6. The van der Waals surface area contributed by atoms with Gasteiger partial charge in [-0.3, -0.25) is 44.0 Å². The van der Waals surface area contributed by atoms with Gasteiger partial charge < -0.3 is 19.5 Å². The van der Waals surface area contributed by atoms with Crippen LogP contribution in [0.25, 0.3) is 29.6 Å². The number of hydrogen-bond acceptors (Lipinski definition) is 17. The number of aryl methyl sites for hydroxylation is 5. The molecule has 1 unspecified atom stereocenters. The molecule has 3 N–H and O–H groups in total. The maximum atomic E-state index is 12.6. The van der Waals surface area contributed by atoms with E-state index in [2.05, 4.69) is 26.7 Å². The van der Waals surface area contributed by atoms with Crippen molar-refractivity contribution in [1.29, 1.82) is 0 Å². The van der Waals surface area contributed by atoms with Crippen LogP contribution in [0.1, 0.15) is 61.4 Å². The number of furan rings is 1. The molecule has 0 radical (unpaired) electrons. The van der Waals surface area contributed by atoms with Crippen LogP contribution in [0.5, 0.6) is 0 Å². The molecular weight excluding hydrogens is 1340 g/mol. The summed E-state index contributed by atoms with van der Waals surface area (Å²) in [7, 11) is 0. The Kier molecular flexibility index (Phi) is 24.8. The molecule has 3 aromatic heterocycles. The number of carbonyl (C=O) groups excluding carboxylic acids is 5. The van der Waals surface area contributed by atoms with Crippen molar-refractivity contribution < 1.29 is 33.1 Å². The van der Waals surface area contributed by atoms with Gasteiger partial charge in [0.2, 0.25) is 5.91 Å². The number of nitrogens with zero attached hydrogens (tertiary/aromatic N) is 4. The quantitative estimate of drug-likeness (QED) is 0.0533. The van der Waals surface area contributed by atoms with Gasteiger partial charge in [-0.05, 0) is 142 Å². The first-order valence-electron chi connectivity index (χ1n) is 27.1. The number of aromatic nitrogens is 2. The van der Waals surface area contributed by atoms with E-state index in [9.17, 15) is 24.0 Å². The van der Waals surface area contributed by atoms with Gasteiger partial charge in [0.1, 0.15) is 37.0 Å². The lowest BCUT2D eigenvalue weighted by Crippen LogP contribution is -2.34. The average molecular weight is 1400 g/mol. The number of carbonyl (C=O) groups is 5. The Morgan fingerprint density at radius 1 is 0.775 bits per heavy atom. The molecule has 1 atom stereocenters. The molecule has 6 heterocycles. The van der Waals surface area contributed by atoms with Crippen LogP contribution in [0.4, 0.5) is 16.5 Å². The molecule has 5 aromatic carbocycles. The molecule has 89 heavy (non-hydrogen) atoms. The number of halogens is 3. The molecule has 25 heteroatoms. The molecule has 3 aliphatic heterocycles. The molecule has 3 saturated heterocycles. The summed E-state index contributed by atoms with van der Waals surface area (Å²) in [5, 5.41) is 10.2. The van der Waals surface area contributed by atoms with Crippen LogP contribution >= 0.6 is 129 Å². The zero-order valence-electron chi connectivity index (χ0n) is 48.5. The van der Waals surface area contributed by atoms with Gasteiger partial charge in [-0.1, -0.05) is 179 Å². The third-order valence-electron chi connectivity index (χ3n) is 12.8. The number of rotatable bonds is 14. The van der Waals surface area contributed by atoms with E-state index in [1.54, 1.807) is 52.9 Å². The third-order valence-corrected chi connectivity index (χ3v) is 19.6. The number of hydrogen-bond donors (Lipinski definition) is 3. The van der Waals surface area contributed by atoms with E-state index in [4.69, 9.17) is 80.6 Å². The van der Waals surface area contributed by atoms with E-state index in [1.807, 2.05) is 161 Å². The van der Waals surface area contributed by atoms with Crippen molar-refractivity contribution in [3.8, 4) is 11.3 Å². The van der Waals surface area contributed by atoms with Gasteiger partial charge in [-0.25, -0.2) is 4.98 Å². The van der Waals surface area contributed by atoms with Crippen molar-refractivity contribution in [3.63, 3.8) is 0 Å². The average Bonchev–Trinajstić information content (AvgIpc) is 3.29. The van der Waals surface area contributed by atoms with Crippen molar-refractivity contribution >= 4 is 202 Å². The second-order valence-electron chi connectivity index (χ2n) is 19.5. The number of ether oxygens (including phenoxy) is 1. The highest BCUT2D eigenvalue weighted by molar-refractivity contribution is 8.27. The molecule has 3 aliphatic rings. The van der Waals surface area contributed by atoms with Crippen molar-refractivity contribution in [1.82, 2.24) is 19.8 Å². The lowest BCUT2D eigenvalue weighted by atomic mass is 10.1. The Bertz CT molecular complexity index is 4090. The molecule has 4 amide bonds. The van der Waals surface area contributed by atoms with E-state index in [0.717, 1.165) is 62.2 Å². The SMILES string of the molecule is CCOC(=O)CN1C(=O)C(=Cc2ccc(-c3ccc(C)cc3Cl)o2)SC1=S.Cc1[nH]c(=S)sc1C(=O)Nc1nccs1.Cc1ccc(C=C2SC(=S)N(CNc3ccc(Cl)cc3C)C2=O)cc1.Cc1ccc(Cl)c(N2C(=O)CSC2C=Cc2ccccc2)c1. The monoisotopic (exact) mass is 1400 g/mol. The highest BCUT2D eigenvalue weighted by Gasteiger charge is 2.35. The van der Waals surface area contributed by atoms with Gasteiger partial charge in [0.15, 0.2) is 9.09 Å². The van der Waals surface area contributed by atoms with Gasteiger partial charge in [0.25, 0.3) is 17.7 Å². The fourth-order valence-electron chi connectivity index (χ4n) is 8.42. The molecule has 458 valence electrons. The molecule has 0 bridgehead atoms. The number of thioether (sulfide) groups is 3. The van der Waals surface area contributed by atoms with Gasteiger partial charge in [0.05, 0.1) is 44.6 Å². The maximum absolute atomic E-state index is 12.6. The molecule has 8 aromatic rings. The van der Waals surface area contributed by atoms with Crippen LogP contribution < -0.4 is 15.5 Å². The topological polar surface area (TPSA) is 170 Å². The Morgan fingerprint density at radius 2 is 1.46 bits per heavy atom. The first kappa shape index (κ1) is 68.2. The van der Waals surface area contributed by atoms with Gasteiger partial charge >= 0.3 is 5.97 Å². The Hall–Kier alpha value is -6.67. The molecule has 0 saturated carbocycles. The summed E-state index contributed by atoms with van der Waals surface area (Å²) in [4.78, 5) is 73.9. The second kappa shape index (κ2) is 32.4. The minimum Gasteiger partial charge on any atom is -0.465 e. The predicted molar refractivity (Wildman–Crippen MR) is 381 cm³/mol. The number of H-pyrrole nitrogens is 1. The second-order valence-corrected chi connectivity index (χ2v) is 27.8. The third kappa shape index (κ3) is 19.0. The predicted octanol–water partition coefficient (Wildman–Crippen LogP) is 17.5. The van der Waals surface area contributed by atoms with E-state index >= 15 is 0 Å². The Morgan fingerprint density at radius 3 is 2.13 bits per heavy atom. The van der Waals surface area contributed by atoms with Crippen LogP contribution in [0.3, 0.4) is 0 Å². The first-order valence-corrected chi connectivity index (χ1v) is 33.8. The molecule has 11 rings (SSSR count). The number of aromatic amines is 1. The lowest BCUT2D eigenvalue weighted by molar-refractivity contribution is -0.145. The molecule has 3 fully saturated rings. The maximum Gasteiger partial charge on any atom is 0.326 e. The fourth-order valence-corrected chi connectivity index (χ4v) is 14.4. The van der Waals surface area contributed by atoms with Crippen LogP contribution in [-0.4, -0.2) is 89.0 Å². The number of esters is 1. The smallest absolute Gasteiger partial charge is 0.326 e. The minimum absolute atomic E-state index is 0.0213. The number of thiocarbonyl (C=S) groups is 2. The number of amides is 4. The van der Waals surface area contributed by atoms with Crippen molar-refractivity contribution in [2.75, 3.05) is 41.1 Å². The summed E-state index contributed by atoms with van der Waals surface area (Å²) >= 11 is 40.8. The van der Waals surface area contributed by atoms with Gasteiger partial charge in [-0.15, -0.1) is 23.1 Å². The summed E-state index contributed by atoms with van der Waals surface area (Å²) in [6.07, 6.45) is 9.24. The Labute approximate surface area is 567 Å². The van der Waals surface area contributed by atoms with Crippen LogP contribution in [0, 0.1) is 38.6 Å². The van der Waals surface area contributed by atoms with Gasteiger partial charge in [0, 0.05) is 39.6 Å². The van der Waals surface area contributed by atoms with Crippen LogP contribution in [0.2, 0.25) is 15.1 Å². The highest BCUT2D eigenvalue weighted by atomic mass is 35.5. The van der Waals surface area contributed by atoms with Crippen molar-refractivity contribution in [2.45, 2.75) is 46.9 Å². The summed E-state index contributed by atoms with van der Waals surface area (Å²) in [6, 6.07) is 38.7. The van der Waals surface area contributed by atoms with E-state index < -0.39 is 5.97 Å². The largest absolute Gasteiger partial charge is 0.465 e. The number of benzene rings is 5. The van der Waals surface area contributed by atoms with Crippen molar-refractivity contribution in [2.24, 2.45) is 0 Å².